The number of carbonyl (C=O) groups is 1. The van der Waals surface area contributed by atoms with E-state index in [1.807, 2.05) is 13.8 Å². The second kappa shape index (κ2) is 5.69. The Bertz CT molecular complexity index is 747. The highest BCUT2D eigenvalue weighted by Gasteiger charge is 2.28. The van der Waals surface area contributed by atoms with Crippen molar-refractivity contribution < 1.29 is 13.2 Å². The van der Waals surface area contributed by atoms with Crippen molar-refractivity contribution in [3.63, 3.8) is 0 Å². The maximum atomic E-state index is 12.7. The zero-order valence-electron chi connectivity index (χ0n) is 12.2. The first-order valence-electron chi connectivity index (χ1n) is 6.51. The van der Waals surface area contributed by atoms with E-state index in [9.17, 15) is 13.2 Å². The second-order valence-electron chi connectivity index (χ2n) is 4.94. The van der Waals surface area contributed by atoms with Gasteiger partial charge < -0.3 is 0 Å². The predicted octanol–water partition coefficient (Wildman–Crippen LogP) is 3.05. The largest absolute Gasteiger partial charge is 0.274 e. The van der Waals surface area contributed by atoms with Gasteiger partial charge in [0.1, 0.15) is 0 Å². The Kier molecular flexibility index (Phi) is 4.14. The minimum atomic E-state index is -3.90. The van der Waals surface area contributed by atoms with Crippen LogP contribution in [0.25, 0.3) is 0 Å². The first kappa shape index (κ1) is 15.3. The number of rotatable bonds is 3. The van der Waals surface area contributed by atoms with Crippen LogP contribution in [0.2, 0.25) is 0 Å². The number of amides is 1. The summed E-state index contributed by atoms with van der Waals surface area (Å²) in [4.78, 5) is 12.0. The molecular weight excluding hydrogens is 286 g/mol. The SMILES string of the molecule is CC(=O)N(c1ccc(C)cc1)S(=O)(=O)c1ccc(C)cc1. The van der Waals surface area contributed by atoms with Crippen LogP contribution in [0.5, 0.6) is 0 Å². The van der Waals surface area contributed by atoms with Gasteiger partial charge in [-0.25, -0.2) is 12.7 Å². The molecule has 0 unspecified atom stereocenters. The molecule has 0 spiro atoms. The van der Waals surface area contributed by atoms with Crippen LogP contribution in [-0.4, -0.2) is 14.3 Å². The Morgan fingerprint density at radius 1 is 0.857 bits per heavy atom. The molecule has 0 bridgehead atoms. The van der Waals surface area contributed by atoms with E-state index in [1.165, 1.54) is 19.1 Å². The second-order valence-corrected chi connectivity index (χ2v) is 6.72. The van der Waals surface area contributed by atoms with E-state index >= 15 is 0 Å². The van der Waals surface area contributed by atoms with E-state index in [1.54, 1.807) is 36.4 Å². The van der Waals surface area contributed by atoms with E-state index in [0.29, 0.717) is 5.69 Å². The van der Waals surface area contributed by atoms with Crippen LogP contribution in [0.15, 0.2) is 53.4 Å². The third-order valence-corrected chi connectivity index (χ3v) is 4.93. The van der Waals surface area contributed by atoms with Gasteiger partial charge in [0.05, 0.1) is 10.6 Å². The summed E-state index contributed by atoms with van der Waals surface area (Å²) < 4.78 is 26.2. The van der Waals surface area contributed by atoms with E-state index in [-0.39, 0.29) is 4.90 Å². The third kappa shape index (κ3) is 3.13. The summed E-state index contributed by atoms with van der Waals surface area (Å²) in [6.45, 7) is 5.01. The van der Waals surface area contributed by atoms with Crippen molar-refractivity contribution >= 4 is 21.6 Å². The maximum Gasteiger partial charge on any atom is 0.270 e. The number of benzene rings is 2. The fourth-order valence-electron chi connectivity index (χ4n) is 1.99. The quantitative estimate of drug-likeness (QED) is 0.875. The highest BCUT2D eigenvalue weighted by Crippen LogP contribution is 2.24. The van der Waals surface area contributed by atoms with Crippen molar-refractivity contribution in [2.45, 2.75) is 25.7 Å². The Morgan fingerprint density at radius 2 is 1.29 bits per heavy atom. The smallest absolute Gasteiger partial charge is 0.270 e. The summed E-state index contributed by atoms with van der Waals surface area (Å²) in [5.74, 6) is -0.542. The minimum absolute atomic E-state index is 0.101. The topological polar surface area (TPSA) is 54.5 Å². The standard InChI is InChI=1S/C16H17NO3S/c1-12-4-8-15(9-5-12)17(14(3)18)21(19,20)16-10-6-13(2)7-11-16/h4-11H,1-3H3. The molecule has 0 saturated heterocycles. The lowest BCUT2D eigenvalue weighted by Gasteiger charge is -2.21. The first-order valence-corrected chi connectivity index (χ1v) is 7.95. The zero-order valence-corrected chi connectivity index (χ0v) is 13.0. The molecule has 0 aliphatic heterocycles. The number of aryl methyl sites for hydroxylation is 2. The van der Waals surface area contributed by atoms with Gasteiger partial charge in [-0.3, -0.25) is 4.79 Å². The molecule has 0 saturated carbocycles. The molecule has 0 radical (unpaired) electrons. The molecule has 0 N–H and O–H groups in total. The highest BCUT2D eigenvalue weighted by atomic mass is 32.2. The Labute approximate surface area is 125 Å². The molecule has 2 aromatic carbocycles. The average Bonchev–Trinajstić information content (AvgIpc) is 2.41. The molecule has 110 valence electrons. The van der Waals surface area contributed by atoms with Crippen molar-refractivity contribution in [2.24, 2.45) is 0 Å². The third-order valence-electron chi connectivity index (χ3n) is 3.11. The van der Waals surface area contributed by atoms with Crippen LogP contribution in [-0.2, 0) is 14.8 Å². The Hall–Kier alpha value is -2.14. The lowest BCUT2D eigenvalue weighted by molar-refractivity contribution is -0.115. The monoisotopic (exact) mass is 303 g/mol. The minimum Gasteiger partial charge on any atom is -0.274 e. The molecule has 0 atom stereocenters. The molecule has 0 fully saturated rings. The van der Waals surface area contributed by atoms with Gasteiger partial charge in [-0.05, 0) is 38.1 Å². The molecule has 0 aliphatic rings. The molecule has 1 amide bonds. The summed E-state index contributed by atoms with van der Waals surface area (Å²) in [5, 5.41) is 0. The number of sulfonamides is 1. The summed E-state index contributed by atoms with van der Waals surface area (Å²) in [6.07, 6.45) is 0. The van der Waals surface area contributed by atoms with Crippen LogP contribution < -0.4 is 4.31 Å². The molecule has 4 nitrogen and oxygen atoms in total. The summed E-state index contributed by atoms with van der Waals surface area (Å²) in [7, 11) is -3.90. The van der Waals surface area contributed by atoms with E-state index < -0.39 is 15.9 Å². The number of nitrogens with zero attached hydrogens (tertiary/aromatic N) is 1. The van der Waals surface area contributed by atoms with Crippen LogP contribution in [0.1, 0.15) is 18.1 Å². The molecule has 21 heavy (non-hydrogen) atoms. The van der Waals surface area contributed by atoms with Gasteiger partial charge in [0.2, 0.25) is 5.91 Å². The van der Waals surface area contributed by atoms with Gasteiger partial charge in [-0.2, -0.15) is 0 Å². The van der Waals surface area contributed by atoms with E-state index in [4.69, 9.17) is 0 Å². The molecular formula is C16H17NO3S. The fourth-order valence-corrected chi connectivity index (χ4v) is 3.41. The first-order chi connectivity index (χ1) is 9.82. The molecule has 2 aromatic rings. The summed E-state index contributed by atoms with van der Waals surface area (Å²) in [6, 6.07) is 13.2. The summed E-state index contributed by atoms with van der Waals surface area (Å²) >= 11 is 0. The zero-order chi connectivity index (χ0) is 15.6. The average molecular weight is 303 g/mol. The number of carbonyl (C=O) groups excluding carboxylic acids is 1. The predicted molar refractivity (Wildman–Crippen MR) is 82.7 cm³/mol. The Morgan fingerprint density at radius 3 is 1.71 bits per heavy atom. The van der Waals surface area contributed by atoms with Crippen LogP contribution >= 0.6 is 0 Å². The Balaban J connectivity index is 2.54. The van der Waals surface area contributed by atoms with E-state index in [0.717, 1.165) is 15.4 Å². The van der Waals surface area contributed by atoms with Crippen molar-refractivity contribution in [3.05, 3.63) is 59.7 Å². The maximum absolute atomic E-state index is 12.7. The van der Waals surface area contributed by atoms with Gasteiger partial charge >= 0.3 is 0 Å². The van der Waals surface area contributed by atoms with Crippen molar-refractivity contribution in [1.29, 1.82) is 0 Å². The van der Waals surface area contributed by atoms with Gasteiger partial charge in [-0.15, -0.1) is 0 Å². The van der Waals surface area contributed by atoms with Crippen LogP contribution in [0, 0.1) is 13.8 Å². The van der Waals surface area contributed by atoms with Crippen molar-refractivity contribution in [1.82, 2.24) is 0 Å². The van der Waals surface area contributed by atoms with Gasteiger partial charge in [0.15, 0.2) is 0 Å². The molecule has 5 heteroatoms. The van der Waals surface area contributed by atoms with Crippen molar-refractivity contribution in [3.8, 4) is 0 Å². The fraction of sp³-hybridized carbons (Fsp3) is 0.188. The number of anilines is 1. The van der Waals surface area contributed by atoms with E-state index in [2.05, 4.69) is 0 Å². The molecule has 2 rings (SSSR count). The number of hydrogen-bond donors (Lipinski definition) is 0. The van der Waals surface area contributed by atoms with Gasteiger partial charge in [0, 0.05) is 6.92 Å². The van der Waals surface area contributed by atoms with Gasteiger partial charge in [0.25, 0.3) is 10.0 Å². The summed E-state index contributed by atoms with van der Waals surface area (Å²) in [5.41, 5.74) is 2.29. The molecule has 0 heterocycles. The van der Waals surface area contributed by atoms with Crippen molar-refractivity contribution in [2.75, 3.05) is 4.31 Å². The normalized spacial score (nSPS) is 11.2. The number of hydrogen-bond acceptors (Lipinski definition) is 3. The molecule has 0 aliphatic carbocycles. The molecule has 0 aromatic heterocycles. The lowest BCUT2D eigenvalue weighted by Crippen LogP contribution is -2.35. The van der Waals surface area contributed by atoms with Crippen LogP contribution in [0.4, 0.5) is 5.69 Å². The lowest BCUT2D eigenvalue weighted by atomic mass is 10.2. The van der Waals surface area contributed by atoms with Gasteiger partial charge in [-0.1, -0.05) is 35.4 Å². The highest BCUT2D eigenvalue weighted by molar-refractivity contribution is 7.93. The van der Waals surface area contributed by atoms with Crippen LogP contribution in [0.3, 0.4) is 0 Å².